The first-order chi connectivity index (χ1) is 7.27. The van der Waals surface area contributed by atoms with Gasteiger partial charge >= 0.3 is 0 Å². The molecule has 1 rings (SSSR count). The Bertz CT molecular complexity index is 231. The Kier molecular flexibility index (Phi) is 5.10. The van der Waals surface area contributed by atoms with Gasteiger partial charge in [-0.3, -0.25) is 4.79 Å². The van der Waals surface area contributed by atoms with Crippen LogP contribution in [0.15, 0.2) is 5.16 Å². The number of piperidine rings is 1. The van der Waals surface area contributed by atoms with Crippen molar-refractivity contribution in [3.63, 3.8) is 0 Å². The molecule has 0 spiro atoms. The van der Waals surface area contributed by atoms with Gasteiger partial charge in [0.2, 0.25) is 5.91 Å². The molecule has 5 heteroatoms. The molecule has 0 aromatic heterocycles. The Morgan fingerprint density at radius 3 is 2.73 bits per heavy atom. The van der Waals surface area contributed by atoms with E-state index in [-0.39, 0.29) is 12.5 Å². The predicted octanol–water partition coefficient (Wildman–Crippen LogP) is 0.866. The Balaban J connectivity index is 2.24. The van der Waals surface area contributed by atoms with E-state index >= 15 is 0 Å². The van der Waals surface area contributed by atoms with Crippen LogP contribution in [0.3, 0.4) is 0 Å². The standard InChI is InChI=1S/C10H18N2O3/c1-2-7-15-8-10(13)12-5-3-9(11-14)4-6-12/h14H,2-8H2,1H3. The molecule has 1 N–H and O–H groups in total. The van der Waals surface area contributed by atoms with Crippen molar-refractivity contribution in [2.75, 3.05) is 26.3 Å². The van der Waals surface area contributed by atoms with Crippen molar-refractivity contribution < 1.29 is 14.7 Å². The molecule has 86 valence electrons. The van der Waals surface area contributed by atoms with Gasteiger partial charge in [-0.2, -0.15) is 0 Å². The molecular formula is C10H18N2O3. The van der Waals surface area contributed by atoms with E-state index in [1.165, 1.54) is 0 Å². The number of likely N-dealkylation sites (tertiary alicyclic amines) is 1. The fourth-order valence-electron chi connectivity index (χ4n) is 1.51. The van der Waals surface area contributed by atoms with Crippen LogP contribution in [-0.2, 0) is 9.53 Å². The molecule has 15 heavy (non-hydrogen) atoms. The number of hydrogen-bond acceptors (Lipinski definition) is 4. The second kappa shape index (κ2) is 6.40. The monoisotopic (exact) mass is 214 g/mol. The highest BCUT2D eigenvalue weighted by Gasteiger charge is 2.19. The summed E-state index contributed by atoms with van der Waals surface area (Å²) in [6, 6.07) is 0. The van der Waals surface area contributed by atoms with Crippen molar-refractivity contribution in [2.24, 2.45) is 5.16 Å². The van der Waals surface area contributed by atoms with Crippen LogP contribution < -0.4 is 0 Å². The Morgan fingerprint density at radius 1 is 1.53 bits per heavy atom. The lowest BCUT2D eigenvalue weighted by Gasteiger charge is -2.27. The molecule has 0 saturated carbocycles. The fourth-order valence-corrected chi connectivity index (χ4v) is 1.51. The second-order valence-corrected chi connectivity index (χ2v) is 3.60. The number of carbonyl (C=O) groups is 1. The average Bonchev–Trinajstić information content (AvgIpc) is 2.29. The Morgan fingerprint density at radius 2 is 2.20 bits per heavy atom. The minimum absolute atomic E-state index is 0.0282. The number of rotatable bonds is 4. The normalized spacial score (nSPS) is 16.6. The predicted molar refractivity (Wildman–Crippen MR) is 56.1 cm³/mol. The van der Waals surface area contributed by atoms with E-state index in [1.54, 1.807) is 4.90 Å². The lowest BCUT2D eigenvalue weighted by atomic mass is 10.1. The molecule has 0 atom stereocenters. The minimum Gasteiger partial charge on any atom is -0.411 e. The summed E-state index contributed by atoms with van der Waals surface area (Å²) in [5, 5.41) is 11.7. The van der Waals surface area contributed by atoms with Gasteiger partial charge in [-0.15, -0.1) is 0 Å². The number of carbonyl (C=O) groups excluding carboxylic acids is 1. The SMILES string of the molecule is CCCOCC(=O)N1CCC(=NO)CC1. The summed E-state index contributed by atoms with van der Waals surface area (Å²) < 4.78 is 5.18. The summed E-state index contributed by atoms with van der Waals surface area (Å²) in [6.45, 7) is 4.07. The number of hydrogen-bond donors (Lipinski definition) is 1. The van der Waals surface area contributed by atoms with Crippen LogP contribution in [0.4, 0.5) is 0 Å². The Labute approximate surface area is 89.7 Å². The van der Waals surface area contributed by atoms with E-state index in [0.717, 1.165) is 12.1 Å². The molecule has 1 aliphatic heterocycles. The van der Waals surface area contributed by atoms with Crippen molar-refractivity contribution >= 4 is 11.6 Å². The van der Waals surface area contributed by atoms with Gasteiger partial charge in [-0.25, -0.2) is 0 Å². The summed E-state index contributed by atoms with van der Waals surface area (Å²) >= 11 is 0. The molecule has 0 radical (unpaired) electrons. The molecule has 0 aromatic carbocycles. The lowest BCUT2D eigenvalue weighted by Crippen LogP contribution is -2.40. The van der Waals surface area contributed by atoms with Gasteiger partial charge in [-0.05, 0) is 6.42 Å². The number of amides is 1. The summed E-state index contributed by atoms with van der Waals surface area (Å²) in [5.74, 6) is 0.0282. The molecule has 0 unspecified atom stereocenters. The van der Waals surface area contributed by atoms with E-state index in [4.69, 9.17) is 9.94 Å². The molecule has 5 nitrogen and oxygen atoms in total. The van der Waals surface area contributed by atoms with Gasteiger partial charge in [0.05, 0.1) is 5.71 Å². The highest BCUT2D eigenvalue weighted by molar-refractivity contribution is 5.87. The van der Waals surface area contributed by atoms with Crippen LogP contribution in [0.25, 0.3) is 0 Å². The van der Waals surface area contributed by atoms with Gasteiger partial charge in [0.25, 0.3) is 0 Å². The van der Waals surface area contributed by atoms with Gasteiger partial charge in [0, 0.05) is 32.5 Å². The summed E-state index contributed by atoms with van der Waals surface area (Å²) in [6.07, 6.45) is 2.25. The third kappa shape index (κ3) is 3.87. The lowest BCUT2D eigenvalue weighted by molar-refractivity contribution is -0.136. The fraction of sp³-hybridized carbons (Fsp3) is 0.800. The quantitative estimate of drug-likeness (QED) is 0.429. The summed E-state index contributed by atoms with van der Waals surface area (Å²) in [4.78, 5) is 13.3. The third-order valence-corrected chi connectivity index (χ3v) is 2.41. The second-order valence-electron chi connectivity index (χ2n) is 3.60. The van der Waals surface area contributed by atoms with Crippen LogP contribution in [0.5, 0.6) is 0 Å². The molecular weight excluding hydrogens is 196 g/mol. The van der Waals surface area contributed by atoms with Gasteiger partial charge in [0.1, 0.15) is 6.61 Å². The van der Waals surface area contributed by atoms with Crippen LogP contribution >= 0.6 is 0 Å². The largest absolute Gasteiger partial charge is 0.411 e. The van der Waals surface area contributed by atoms with Crippen LogP contribution in [-0.4, -0.2) is 48.0 Å². The van der Waals surface area contributed by atoms with Crippen molar-refractivity contribution in [1.29, 1.82) is 0 Å². The van der Waals surface area contributed by atoms with Crippen molar-refractivity contribution in [2.45, 2.75) is 26.2 Å². The average molecular weight is 214 g/mol. The van der Waals surface area contributed by atoms with E-state index in [1.807, 2.05) is 6.92 Å². The number of ether oxygens (including phenoxy) is 1. The number of oxime groups is 1. The Hall–Kier alpha value is -1.10. The molecule has 1 saturated heterocycles. The van der Waals surface area contributed by atoms with Crippen LogP contribution in [0, 0.1) is 0 Å². The molecule has 0 aromatic rings. The van der Waals surface area contributed by atoms with Crippen LogP contribution in [0.2, 0.25) is 0 Å². The van der Waals surface area contributed by atoms with E-state index in [9.17, 15) is 4.79 Å². The van der Waals surface area contributed by atoms with E-state index < -0.39 is 0 Å². The van der Waals surface area contributed by atoms with Crippen molar-refractivity contribution in [3.8, 4) is 0 Å². The van der Waals surface area contributed by atoms with E-state index in [0.29, 0.717) is 32.5 Å². The first-order valence-corrected chi connectivity index (χ1v) is 5.33. The topological polar surface area (TPSA) is 62.1 Å². The first kappa shape index (κ1) is 12.0. The third-order valence-electron chi connectivity index (χ3n) is 2.41. The van der Waals surface area contributed by atoms with Crippen molar-refractivity contribution in [3.05, 3.63) is 0 Å². The highest BCUT2D eigenvalue weighted by Crippen LogP contribution is 2.07. The maximum absolute atomic E-state index is 11.6. The molecule has 0 bridgehead atoms. The molecule has 1 amide bonds. The van der Waals surface area contributed by atoms with Gasteiger partial charge in [-0.1, -0.05) is 12.1 Å². The van der Waals surface area contributed by atoms with E-state index in [2.05, 4.69) is 5.16 Å². The zero-order valence-corrected chi connectivity index (χ0v) is 9.11. The van der Waals surface area contributed by atoms with Gasteiger partial charge < -0.3 is 14.8 Å². The maximum Gasteiger partial charge on any atom is 0.248 e. The molecule has 1 heterocycles. The zero-order chi connectivity index (χ0) is 11.1. The maximum atomic E-state index is 11.6. The highest BCUT2D eigenvalue weighted by atomic mass is 16.5. The molecule has 0 aliphatic carbocycles. The van der Waals surface area contributed by atoms with Crippen molar-refractivity contribution in [1.82, 2.24) is 4.90 Å². The van der Waals surface area contributed by atoms with Gasteiger partial charge in [0.15, 0.2) is 0 Å². The summed E-state index contributed by atoms with van der Waals surface area (Å²) in [7, 11) is 0. The molecule has 1 fully saturated rings. The first-order valence-electron chi connectivity index (χ1n) is 5.33. The van der Waals surface area contributed by atoms with Crippen LogP contribution in [0.1, 0.15) is 26.2 Å². The molecule has 1 aliphatic rings. The number of nitrogens with zero attached hydrogens (tertiary/aromatic N) is 2. The zero-order valence-electron chi connectivity index (χ0n) is 9.11. The smallest absolute Gasteiger partial charge is 0.248 e. The summed E-state index contributed by atoms with van der Waals surface area (Å²) in [5.41, 5.74) is 0.772. The minimum atomic E-state index is 0.0282.